The Kier molecular flexibility index (Phi) is 5.22. The average Bonchev–Trinajstić information content (AvgIpc) is 2.84. The lowest BCUT2D eigenvalue weighted by Gasteiger charge is -2.21. The van der Waals surface area contributed by atoms with E-state index in [1.165, 1.54) is 24.8 Å². The first-order chi connectivity index (χ1) is 8.70. The highest BCUT2D eigenvalue weighted by atomic mass is 79.9. The Balaban J connectivity index is 1.84. The predicted octanol–water partition coefficient (Wildman–Crippen LogP) is 3.51. The second-order valence-corrected chi connectivity index (χ2v) is 6.23. The molecule has 2 nitrogen and oxygen atoms in total. The van der Waals surface area contributed by atoms with E-state index in [4.69, 9.17) is 0 Å². The van der Waals surface area contributed by atoms with E-state index >= 15 is 0 Å². The van der Waals surface area contributed by atoms with E-state index in [9.17, 15) is 5.11 Å². The van der Waals surface area contributed by atoms with Gasteiger partial charge in [0.2, 0.25) is 0 Å². The van der Waals surface area contributed by atoms with Crippen LogP contribution < -0.4 is 5.32 Å². The third-order valence-corrected chi connectivity index (χ3v) is 4.64. The van der Waals surface area contributed by atoms with Crippen LogP contribution in [0.5, 0.6) is 0 Å². The molecule has 2 N–H and O–H groups in total. The quantitative estimate of drug-likeness (QED) is 0.872. The molecule has 18 heavy (non-hydrogen) atoms. The van der Waals surface area contributed by atoms with E-state index in [0.717, 1.165) is 11.0 Å². The van der Waals surface area contributed by atoms with Gasteiger partial charge in [-0.1, -0.05) is 34.5 Å². The Morgan fingerprint density at radius 2 is 1.94 bits per heavy atom. The summed E-state index contributed by atoms with van der Waals surface area (Å²) in [5, 5.41) is 12.9. The van der Waals surface area contributed by atoms with Crippen molar-refractivity contribution in [3.8, 4) is 0 Å². The molecule has 3 unspecified atom stereocenters. The van der Waals surface area contributed by atoms with Crippen molar-refractivity contribution < 1.29 is 5.11 Å². The van der Waals surface area contributed by atoms with Gasteiger partial charge >= 0.3 is 0 Å². The number of rotatable bonds is 5. The highest BCUT2D eigenvalue weighted by Crippen LogP contribution is 2.31. The van der Waals surface area contributed by atoms with Gasteiger partial charge < -0.3 is 10.4 Å². The van der Waals surface area contributed by atoms with Crippen LogP contribution in [0.1, 0.15) is 37.8 Å². The maximum absolute atomic E-state index is 9.32. The molecule has 0 saturated heterocycles. The van der Waals surface area contributed by atoms with Gasteiger partial charge in [0.05, 0.1) is 0 Å². The maximum Gasteiger partial charge on any atom is 0.0462 e. The SMILES string of the molecule is CC(NCC1CCCC1CO)c1ccc(Br)cc1. The van der Waals surface area contributed by atoms with Crippen molar-refractivity contribution in [3.63, 3.8) is 0 Å². The molecule has 0 amide bonds. The average molecular weight is 312 g/mol. The van der Waals surface area contributed by atoms with Crippen molar-refractivity contribution >= 4 is 15.9 Å². The number of aliphatic hydroxyl groups is 1. The molecule has 1 aromatic rings. The molecular formula is C15H22BrNO. The van der Waals surface area contributed by atoms with E-state index in [1.54, 1.807) is 0 Å². The molecule has 100 valence electrons. The molecule has 1 fully saturated rings. The Labute approximate surface area is 118 Å². The van der Waals surface area contributed by atoms with E-state index in [0.29, 0.717) is 24.5 Å². The Morgan fingerprint density at radius 3 is 2.61 bits per heavy atom. The summed E-state index contributed by atoms with van der Waals surface area (Å²) in [5.74, 6) is 1.16. The molecule has 1 aliphatic carbocycles. The van der Waals surface area contributed by atoms with Gasteiger partial charge in [0.1, 0.15) is 0 Å². The summed E-state index contributed by atoms with van der Waals surface area (Å²) in [6.07, 6.45) is 3.71. The topological polar surface area (TPSA) is 32.3 Å². The van der Waals surface area contributed by atoms with E-state index in [2.05, 4.69) is 52.4 Å². The van der Waals surface area contributed by atoms with Crippen molar-refractivity contribution in [3.05, 3.63) is 34.3 Å². The monoisotopic (exact) mass is 311 g/mol. The minimum Gasteiger partial charge on any atom is -0.396 e. The van der Waals surface area contributed by atoms with Crippen LogP contribution in [0.3, 0.4) is 0 Å². The van der Waals surface area contributed by atoms with E-state index < -0.39 is 0 Å². The summed E-state index contributed by atoms with van der Waals surface area (Å²) < 4.78 is 1.12. The first kappa shape index (κ1) is 14.0. The number of nitrogens with one attached hydrogen (secondary N) is 1. The minimum atomic E-state index is 0.346. The number of benzene rings is 1. The van der Waals surface area contributed by atoms with Crippen LogP contribution in [0, 0.1) is 11.8 Å². The van der Waals surface area contributed by atoms with Crippen LogP contribution in [0.2, 0.25) is 0 Å². The van der Waals surface area contributed by atoms with Gasteiger partial charge in [0.25, 0.3) is 0 Å². The van der Waals surface area contributed by atoms with Crippen molar-refractivity contribution in [2.24, 2.45) is 11.8 Å². The highest BCUT2D eigenvalue weighted by Gasteiger charge is 2.26. The zero-order chi connectivity index (χ0) is 13.0. The van der Waals surface area contributed by atoms with Gasteiger partial charge in [-0.3, -0.25) is 0 Å². The maximum atomic E-state index is 9.32. The van der Waals surface area contributed by atoms with Crippen molar-refractivity contribution in [2.45, 2.75) is 32.2 Å². The number of hydrogen-bond acceptors (Lipinski definition) is 2. The van der Waals surface area contributed by atoms with Crippen LogP contribution in [0.4, 0.5) is 0 Å². The van der Waals surface area contributed by atoms with Crippen molar-refractivity contribution in [1.29, 1.82) is 0 Å². The van der Waals surface area contributed by atoms with Crippen LogP contribution in [-0.4, -0.2) is 18.3 Å². The molecule has 3 heteroatoms. The minimum absolute atomic E-state index is 0.346. The van der Waals surface area contributed by atoms with Gasteiger partial charge in [-0.2, -0.15) is 0 Å². The molecule has 1 saturated carbocycles. The zero-order valence-electron chi connectivity index (χ0n) is 10.9. The van der Waals surface area contributed by atoms with Gasteiger partial charge in [0, 0.05) is 17.1 Å². The summed E-state index contributed by atoms with van der Waals surface area (Å²) in [4.78, 5) is 0. The summed E-state index contributed by atoms with van der Waals surface area (Å²) in [5.41, 5.74) is 1.32. The summed E-state index contributed by atoms with van der Waals surface area (Å²) in [6, 6.07) is 8.84. The summed E-state index contributed by atoms with van der Waals surface area (Å²) in [6.45, 7) is 3.56. The normalized spacial score (nSPS) is 25.3. The lowest BCUT2D eigenvalue weighted by molar-refractivity contribution is 0.190. The third-order valence-electron chi connectivity index (χ3n) is 4.11. The molecule has 0 spiro atoms. The second-order valence-electron chi connectivity index (χ2n) is 5.32. The van der Waals surface area contributed by atoms with E-state index in [1.807, 2.05) is 0 Å². The fraction of sp³-hybridized carbons (Fsp3) is 0.600. The Morgan fingerprint density at radius 1 is 1.28 bits per heavy atom. The first-order valence-electron chi connectivity index (χ1n) is 6.80. The molecule has 0 heterocycles. The predicted molar refractivity (Wildman–Crippen MR) is 78.5 cm³/mol. The van der Waals surface area contributed by atoms with Gasteiger partial charge in [-0.25, -0.2) is 0 Å². The van der Waals surface area contributed by atoms with Crippen LogP contribution in [-0.2, 0) is 0 Å². The molecule has 0 bridgehead atoms. The van der Waals surface area contributed by atoms with Gasteiger partial charge in [0.15, 0.2) is 0 Å². The van der Waals surface area contributed by atoms with Crippen LogP contribution in [0.25, 0.3) is 0 Å². The Hall–Kier alpha value is -0.380. The molecule has 0 aromatic heterocycles. The van der Waals surface area contributed by atoms with E-state index in [-0.39, 0.29) is 0 Å². The molecule has 1 aromatic carbocycles. The summed E-state index contributed by atoms with van der Waals surface area (Å²) >= 11 is 3.46. The summed E-state index contributed by atoms with van der Waals surface area (Å²) in [7, 11) is 0. The van der Waals surface area contributed by atoms with Gasteiger partial charge in [-0.15, -0.1) is 0 Å². The Bertz CT molecular complexity index is 365. The molecule has 0 aliphatic heterocycles. The number of aliphatic hydroxyl groups excluding tert-OH is 1. The number of halogens is 1. The van der Waals surface area contributed by atoms with Crippen molar-refractivity contribution in [1.82, 2.24) is 5.32 Å². The van der Waals surface area contributed by atoms with Crippen LogP contribution in [0.15, 0.2) is 28.7 Å². The number of hydrogen-bond donors (Lipinski definition) is 2. The second kappa shape index (κ2) is 6.69. The molecular weight excluding hydrogens is 290 g/mol. The van der Waals surface area contributed by atoms with Crippen molar-refractivity contribution in [2.75, 3.05) is 13.2 Å². The van der Waals surface area contributed by atoms with Gasteiger partial charge in [-0.05, 0) is 55.8 Å². The molecule has 3 atom stereocenters. The smallest absolute Gasteiger partial charge is 0.0462 e. The highest BCUT2D eigenvalue weighted by molar-refractivity contribution is 9.10. The molecule has 1 aliphatic rings. The molecule has 0 radical (unpaired) electrons. The largest absolute Gasteiger partial charge is 0.396 e. The first-order valence-corrected chi connectivity index (χ1v) is 7.59. The lowest BCUT2D eigenvalue weighted by atomic mass is 9.96. The zero-order valence-corrected chi connectivity index (χ0v) is 12.5. The lowest BCUT2D eigenvalue weighted by Crippen LogP contribution is -2.28. The fourth-order valence-electron chi connectivity index (χ4n) is 2.82. The fourth-order valence-corrected chi connectivity index (χ4v) is 3.08. The third kappa shape index (κ3) is 3.56. The van der Waals surface area contributed by atoms with Crippen LogP contribution >= 0.6 is 15.9 Å². The molecule has 2 rings (SSSR count). The standard InChI is InChI=1S/C15H22BrNO/c1-11(12-5-7-15(16)8-6-12)17-9-13-3-2-4-14(13)10-18/h5-8,11,13-14,17-18H,2-4,9-10H2,1H3.